The minimum atomic E-state index is -1.13. The maximum absolute atomic E-state index is 11.4. The first-order valence-electron chi connectivity index (χ1n) is 6.41. The first-order chi connectivity index (χ1) is 10.9. The Morgan fingerprint density at radius 1 is 1.35 bits per heavy atom. The first-order valence-corrected chi connectivity index (χ1v) is 7.96. The molecular weight excluding hydrogens is 407 g/mol. The van der Waals surface area contributed by atoms with E-state index in [2.05, 4.69) is 21.0 Å². The van der Waals surface area contributed by atoms with Gasteiger partial charge in [0.2, 0.25) is 0 Å². The lowest BCUT2D eigenvalue weighted by Gasteiger charge is -2.08. The molecule has 0 radical (unpaired) electrons. The summed E-state index contributed by atoms with van der Waals surface area (Å²) in [6.45, 7) is 1.67. The monoisotopic (exact) mass is 414 g/mol. The second kappa shape index (κ2) is 6.03. The Hall–Kier alpha value is -1.76. The van der Waals surface area contributed by atoms with Gasteiger partial charge < -0.3 is 9.52 Å². The van der Waals surface area contributed by atoms with Crippen molar-refractivity contribution in [2.24, 2.45) is 0 Å². The van der Waals surface area contributed by atoms with Crippen molar-refractivity contribution >= 4 is 45.1 Å². The fourth-order valence-electron chi connectivity index (χ4n) is 2.25. The van der Waals surface area contributed by atoms with Crippen LogP contribution in [0, 0.1) is 6.92 Å². The Morgan fingerprint density at radius 3 is 2.65 bits per heavy atom. The zero-order valence-corrected chi connectivity index (χ0v) is 14.8. The molecule has 118 valence electrons. The van der Waals surface area contributed by atoms with Crippen LogP contribution in [0.3, 0.4) is 0 Å². The number of nitrogens with zero attached hydrogens (tertiary/aromatic N) is 2. The highest BCUT2D eigenvalue weighted by atomic mass is 79.9. The summed E-state index contributed by atoms with van der Waals surface area (Å²) in [7, 11) is 0. The number of benzene rings is 1. The minimum absolute atomic E-state index is 0.0708. The van der Waals surface area contributed by atoms with E-state index in [9.17, 15) is 9.90 Å². The third-order valence-electron chi connectivity index (χ3n) is 3.26. The van der Waals surface area contributed by atoms with E-state index >= 15 is 0 Å². The third kappa shape index (κ3) is 2.89. The van der Waals surface area contributed by atoms with E-state index < -0.39 is 5.97 Å². The molecule has 0 fully saturated rings. The largest absolute Gasteiger partial charge is 0.476 e. The van der Waals surface area contributed by atoms with E-state index in [4.69, 9.17) is 27.6 Å². The number of carboxylic acids is 1. The molecule has 0 atom stereocenters. The number of carbonyl (C=O) groups is 1. The normalized spacial score (nSPS) is 11.0. The van der Waals surface area contributed by atoms with Crippen molar-refractivity contribution < 1.29 is 14.3 Å². The summed E-state index contributed by atoms with van der Waals surface area (Å²) in [4.78, 5) is 11.4. The van der Waals surface area contributed by atoms with Gasteiger partial charge >= 0.3 is 5.97 Å². The number of hydrogen-bond donors (Lipinski definition) is 1. The van der Waals surface area contributed by atoms with Crippen molar-refractivity contribution in [1.29, 1.82) is 0 Å². The maximum atomic E-state index is 11.4. The quantitative estimate of drug-likeness (QED) is 0.637. The predicted octanol–water partition coefficient (Wildman–Crippen LogP) is 5.21. The van der Waals surface area contributed by atoms with Gasteiger partial charge in [-0.25, -0.2) is 9.48 Å². The van der Waals surface area contributed by atoms with Gasteiger partial charge in [-0.05, 0) is 41.1 Å². The van der Waals surface area contributed by atoms with E-state index in [0.29, 0.717) is 32.8 Å². The number of aromatic nitrogens is 2. The molecule has 8 heteroatoms. The zero-order valence-electron chi connectivity index (χ0n) is 11.7. The highest BCUT2D eigenvalue weighted by molar-refractivity contribution is 9.10. The molecule has 0 saturated carbocycles. The van der Waals surface area contributed by atoms with Crippen molar-refractivity contribution in [3.8, 4) is 17.1 Å². The lowest BCUT2D eigenvalue weighted by Crippen LogP contribution is -2.03. The molecule has 5 nitrogen and oxygen atoms in total. The van der Waals surface area contributed by atoms with Crippen molar-refractivity contribution in [3.05, 3.63) is 56.3 Å². The molecule has 3 aromatic rings. The molecule has 2 aromatic heterocycles. The van der Waals surface area contributed by atoms with Gasteiger partial charge in [0.05, 0.1) is 15.2 Å². The Kier molecular flexibility index (Phi) is 4.23. The lowest BCUT2D eigenvalue weighted by molar-refractivity contribution is 0.0689. The summed E-state index contributed by atoms with van der Waals surface area (Å²) in [5, 5.41) is 14.3. The maximum Gasteiger partial charge on any atom is 0.356 e. The summed E-state index contributed by atoms with van der Waals surface area (Å²) in [6, 6.07) is 6.62. The number of furan rings is 1. The van der Waals surface area contributed by atoms with Crippen molar-refractivity contribution in [2.45, 2.75) is 6.92 Å². The van der Waals surface area contributed by atoms with Crippen LogP contribution in [0.15, 0.2) is 39.4 Å². The van der Waals surface area contributed by atoms with E-state index in [0.717, 1.165) is 4.47 Å². The van der Waals surface area contributed by atoms with Crippen molar-refractivity contribution in [2.75, 3.05) is 0 Å². The van der Waals surface area contributed by atoms with Gasteiger partial charge in [-0.3, -0.25) is 0 Å². The van der Waals surface area contributed by atoms with Gasteiger partial charge in [-0.15, -0.1) is 0 Å². The van der Waals surface area contributed by atoms with Crippen molar-refractivity contribution in [3.63, 3.8) is 0 Å². The number of aromatic carboxylic acids is 1. The molecule has 2 heterocycles. The van der Waals surface area contributed by atoms with E-state index in [1.807, 2.05) is 0 Å². The van der Waals surface area contributed by atoms with Gasteiger partial charge in [0.15, 0.2) is 11.5 Å². The van der Waals surface area contributed by atoms with Crippen molar-refractivity contribution in [1.82, 2.24) is 9.78 Å². The molecule has 0 aliphatic heterocycles. The molecular formula is C15H9BrCl2N2O3. The van der Waals surface area contributed by atoms with Crippen LogP contribution in [0.25, 0.3) is 17.1 Å². The summed E-state index contributed by atoms with van der Waals surface area (Å²) >= 11 is 15.5. The number of hydrogen-bond acceptors (Lipinski definition) is 3. The van der Waals surface area contributed by atoms with Crippen LogP contribution < -0.4 is 0 Å². The van der Waals surface area contributed by atoms with Gasteiger partial charge in [0, 0.05) is 16.7 Å². The zero-order chi connectivity index (χ0) is 16.7. The summed E-state index contributed by atoms with van der Waals surface area (Å²) in [5.41, 5.74) is 1.43. The Balaban J connectivity index is 2.31. The summed E-state index contributed by atoms with van der Waals surface area (Å²) in [5.74, 6) is -0.654. The second-order valence-electron chi connectivity index (χ2n) is 4.76. The van der Waals surface area contributed by atoms with Crippen LogP contribution in [0.4, 0.5) is 0 Å². The summed E-state index contributed by atoms with van der Waals surface area (Å²) < 4.78 is 7.66. The summed E-state index contributed by atoms with van der Waals surface area (Å²) in [6.07, 6.45) is 1.51. The molecule has 0 saturated heterocycles. The fraction of sp³-hybridized carbons (Fsp3) is 0.0667. The molecule has 1 N–H and O–H groups in total. The minimum Gasteiger partial charge on any atom is -0.476 e. The topological polar surface area (TPSA) is 68.3 Å². The van der Waals surface area contributed by atoms with Crippen LogP contribution in [-0.2, 0) is 0 Å². The average Bonchev–Trinajstić information content (AvgIpc) is 3.02. The van der Waals surface area contributed by atoms with E-state index in [1.54, 1.807) is 31.2 Å². The van der Waals surface area contributed by atoms with Crippen LogP contribution in [0.5, 0.6) is 0 Å². The number of rotatable bonds is 3. The van der Waals surface area contributed by atoms with Crippen LogP contribution in [0.1, 0.15) is 16.1 Å². The second-order valence-corrected chi connectivity index (χ2v) is 6.52. The molecule has 0 aliphatic rings. The Morgan fingerprint density at radius 2 is 2.09 bits per heavy atom. The molecule has 0 unspecified atom stereocenters. The van der Waals surface area contributed by atoms with Gasteiger partial charge in [0.1, 0.15) is 12.0 Å². The molecule has 0 aliphatic carbocycles. The van der Waals surface area contributed by atoms with Crippen LogP contribution >= 0.6 is 39.1 Å². The Bertz CT molecular complexity index is 918. The standard InChI is InChI=1S/C15H9BrCl2N2O3/c1-7-13(15(21)22)19-20(11-3-2-9(17)5-10(11)18)14(7)12-4-8(16)6-23-12/h2-6H,1H3,(H,21,22). The van der Waals surface area contributed by atoms with Crippen LogP contribution in [0.2, 0.25) is 10.0 Å². The molecule has 1 aromatic carbocycles. The predicted molar refractivity (Wildman–Crippen MR) is 90.7 cm³/mol. The Labute approximate surface area is 149 Å². The van der Waals surface area contributed by atoms with E-state index in [-0.39, 0.29) is 5.69 Å². The third-order valence-corrected chi connectivity index (χ3v) is 4.22. The SMILES string of the molecule is Cc1c(C(=O)O)nn(-c2ccc(Cl)cc2Cl)c1-c1cc(Br)co1. The molecule has 0 spiro atoms. The fourth-order valence-corrected chi connectivity index (χ4v) is 3.04. The average molecular weight is 416 g/mol. The smallest absolute Gasteiger partial charge is 0.356 e. The van der Waals surface area contributed by atoms with E-state index in [1.165, 1.54) is 10.9 Å². The van der Waals surface area contributed by atoms with Gasteiger partial charge in [0.25, 0.3) is 0 Å². The number of carboxylic acid groups (broad SMARTS) is 1. The lowest BCUT2D eigenvalue weighted by atomic mass is 10.1. The highest BCUT2D eigenvalue weighted by Crippen LogP contribution is 2.34. The first kappa shape index (κ1) is 16.1. The van der Waals surface area contributed by atoms with Gasteiger partial charge in [-0.1, -0.05) is 23.2 Å². The molecule has 0 bridgehead atoms. The molecule has 3 rings (SSSR count). The number of halogens is 3. The highest BCUT2D eigenvalue weighted by Gasteiger charge is 2.24. The molecule has 0 amide bonds. The van der Waals surface area contributed by atoms with Crippen LogP contribution in [-0.4, -0.2) is 20.9 Å². The molecule has 23 heavy (non-hydrogen) atoms. The van der Waals surface area contributed by atoms with Gasteiger partial charge in [-0.2, -0.15) is 5.10 Å².